The van der Waals surface area contributed by atoms with Crippen LogP contribution in [-0.4, -0.2) is 40.7 Å². The van der Waals surface area contributed by atoms with Crippen molar-refractivity contribution in [1.29, 1.82) is 0 Å². The van der Waals surface area contributed by atoms with Gasteiger partial charge in [0, 0.05) is 17.3 Å². The van der Waals surface area contributed by atoms with Gasteiger partial charge in [-0.2, -0.15) is 11.8 Å². The molecular formula is C12H22N2O3S. The molecule has 0 aliphatic heterocycles. The van der Waals surface area contributed by atoms with Gasteiger partial charge in [-0.15, -0.1) is 0 Å². The molecule has 1 aliphatic carbocycles. The average molecular weight is 274 g/mol. The molecule has 0 spiro atoms. The molecule has 0 radical (unpaired) electrons. The Kier molecular flexibility index (Phi) is 5.78. The summed E-state index contributed by atoms with van der Waals surface area (Å²) in [5.41, 5.74) is 0. The number of carboxylic acid groups (broad SMARTS) is 1. The van der Waals surface area contributed by atoms with Gasteiger partial charge in [-0.1, -0.05) is 12.8 Å². The Labute approximate surface area is 112 Å². The zero-order chi connectivity index (χ0) is 13.6. The molecule has 0 saturated heterocycles. The summed E-state index contributed by atoms with van der Waals surface area (Å²) in [6.07, 6.45) is 6.75. The highest BCUT2D eigenvalue weighted by Crippen LogP contribution is 2.39. The van der Waals surface area contributed by atoms with Crippen molar-refractivity contribution < 1.29 is 14.7 Å². The maximum atomic E-state index is 11.6. The minimum Gasteiger partial charge on any atom is -0.481 e. The average Bonchev–Trinajstić information content (AvgIpc) is 2.74. The number of nitrogens with one attached hydrogen (secondary N) is 2. The molecule has 18 heavy (non-hydrogen) atoms. The summed E-state index contributed by atoms with van der Waals surface area (Å²) in [6.45, 7) is 2.34. The second-order valence-electron chi connectivity index (χ2n) is 4.92. The molecule has 5 nitrogen and oxygen atoms in total. The smallest absolute Gasteiger partial charge is 0.315 e. The molecule has 2 amide bonds. The number of carbonyl (C=O) groups excluding carboxylic acids is 1. The van der Waals surface area contributed by atoms with E-state index in [0.29, 0.717) is 6.54 Å². The number of carbonyl (C=O) groups is 2. The van der Waals surface area contributed by atoms with Gasteiger partial charge in [-0.05, 0) is 26.0 Å². The maximum absolute atomic E-state index is 11.6. The standard InChI is InChI=1S/C12H22N2O3S/c1-9(7-10(15)16)14-11(17)13-8-12(18-2)5-3-4-6-12/h9H,3-8H2,1-2H3,(H,15,16)(H2,13,14,17). The van der Waals surface area contributed by atoms with Crippen LogP contribution in [0, 0.1) is 0 Å². The van der Waals surface area contributed by atoms with Crippen molar-refractivity contribution in [2.45, 2.75) is 49.8 Å². The van der Waals surface area contributed by atoms with Gasteiger partial charge in [-0.25, -0.2) is 4.79 Å². The van der Waals surface area contributed by atoms with Crippen molar-refractivity contribution in [2.24, 2.45) is 0 Å². The van der Waals surface area contributed by atoms with Crippen LogP contribution in [0.4, 0.5) is 4.79 Å². The summed E-state index contributed by atoms with van der Waals surface area (Å²) in [5, 5.41) is 14.1. The van der Waals surface area contributed by atoms with Gasteiger partial charge in [0.2, 0.25) is 0 Å². The summed E-state index contributed by atoms with van der Waals surface area (Å²) >= 11 is 1.81. The van der Waals surface area contributed by atoms with Crippen molar-refractivity contribution in [2.75, 3.05) is 12.8 Å². The van der Waals surface area contributed by atoms with Gasteiger partial charge in [0.25, 0.3) is 0 Å². The van der Waals surface area contributed by atoms with Gasteiger partial charge < -0.3 is 15.7 Å². The Morgan fingerprint density at radius 1 is 1.39 bits per heavy atom. The number of carboxylic acids is 1. The molecule has 1 aliphatic rings. The highest BCUT2D eigenvalue weighted by molar-refractivity contribution is 8.00. The third kappa shape index (κ3) is 4.76. The summed E-state index contributed by atoms with van der Waals surface area (Å²) in [4.78, 5) is 22.1. The lowest BCUT2D eigenvalue weighted by Crippen LogP contribution is -2.46. The fourth-order valence-electron chi connectivity index (χ4n) is 2.30. The highest BCUT2D eigenvalue weighted by Gasteiger charge is 2.33. The molecule has 3 N–H and O–H groups in total. The van der Waals surface area contributed by atoms with E-state index in [4.69, 9.17) is 5.11 Å². The Hall–Kier alpha value is -0.910. The Bertz CT molecular complexity index is 304. The quantitative estimate of drug-likeness (QED) is 0.690. The first kappa shape index (κ1) is 15.1. The van der Waals surface area contributed by atoms with Gasteiger partial charge in [-0.3, -0.25) is 4.79 Å². The van der Waals surface area contributed by atoms with E-state index in [0.717, 1.165) is 12.8 Å². The third-order valence-electron chi connectivity index (χ3n) is 3.38. The van der Waals surface area contributed by atoms with E-state index in [1.54, 1.807) is 6.92 Å². The lowest BCUT2D eigenvalue weighted by atomic mass is 10.1. The number of aliphatic carboxylic acids is 1. The molecule has 0 bridgehead atoms. The Balaban J connectivity index is 2.30. The third-order valence-corrected chi connectivity index (χ3v) is 4.80. The second-order valence-corrected chi connectivity index (χ2v) is 6.19. The summed E-state index contributed by atoms with van der Waals surface area (Å²) in [7, 11) is 0. The van der Waals surface area contributed by atoms with Crippen molar-refractivity contribution in [3.05, 3.63) is 0 Å². The van der Waals surface area contributed by atoms with Crippen molar-refractivity contribution in [1.82, 2.24) is 10.6 Å². The summed E-state index contributed by atoms with van der Waals surface area (Å²) in [6, 6.07) is -0.625. The second kappa shape index (κ2) is 6.87. The highest BCUT2D eigenvalue weighted by atomic mass is 32.2. The van der Waals surface area contributed by atoms with Crippen LogP contribution < -0.4 is 10.6 Å². The molecule has 6 heteroatoms. The van der Waals surface area contributed by atoms with Crippen LogP contribution in [0.1, 0.15) is 39.0 Å². The molecular weight excluding hydrogens is 252 g/mol. The minimum atomic E-state index is -0.904. The SMILES string of the molecule is CSC1(CNC(=O)NC(C)CC(=O)O)CCCC1. The van der Waals surface area contributed by atoms with Crippen LogP contribution in [0.15, 0.2) is 0 Å². The van der Waals surface area contributed by atoms with Crippen LogP contribution >= 0.6 is 11.8 Å². The zero-order valence-electron chi connectivity index (χ0n) is 11.0. The molecule has 0 heterocycles. The minimum absolute atomic E-state index is 0.0545. The molecule has 0 aromatic rings. The predicted molar refractivity (Wildman–Crippen MR) is 73.0 cm³/mol. The number of hydrogen-bond acceptors (Lipinski definition) is 3. The lowest BCUT2D eigenvalue weighted by Gasteiger charge is -2.27. The summed E-state index contributed by atoms with van der Waals surface area (Å²) in [5.74, 6) is -0.904. The number of thioether (sulfide) groups is 1. The van der Waals surface area contributed by atoms with E-state index >= 15 is 0 Å². The van der Waals surface area contributed by atoms with E-state index in [1.165, 1.54) is 12.8 Å². The van der Waals surface area contributed by atoms with Crippen LogP contribution in [0.5, 0.6) is 0 Å². The lowest BCUT2D eigenvalue weighted by molar-refractivity contribution is -0.137. The van der Waals surface area contributed by atoms with Gasteiger partial charge in [0.15, 0.2) is 0 Å². The number of urea groups is 1. The Morgan fingerprint density at radius 2 is 2.00 bits per heavy atom. The summed E-state index contributed by atoms with van der Waals surface area (Å²) < 4.78 is 0.174. The van der Waals surface area contributed by atoms with Crippen molar-refractivity contribution in [3.63, 3.8) is 0 Å². The van der Waals surface area contributed by atoms with Gasteiger partial charge in [0.05, 0.1) is 6.42 Å². The number of rotatable bonds is 6. The first-order valence-corrected chi connectivity index (χ1v) is 7.51. The van der Waals surface area contributed by atoms with E-state index in [-0.39, 0.29) is 23.2 Å². The first-order valence-electron chi connectivity index (χ1n) is 6.29. The predicted octanol–water partition coefficient (Wildman–Crippen LogP) is 1.82. The monoisotopic (exact) mass is 274 g/mol. The normalized spacial score (nSPS) is 19.2. The fourth-order valence-corrected chi connectivity index (χ4v) is 3.21. The molecule has 104 valence electrons. The van der Waals surface area contributed by atoms with Gasteiger partial charge >= 0.3 is 12.0 Å². The van der Waals surface area contributed by atoms with Crippen LogP contribution in [-0.2, 0) is 4.79 Å². The van der Waals surface area contributed by atoms with E-state index < -0.39 is 5.97 Å². The first-order chi connectivity index (χ1) is 8.47. The largest absolute Gasteiger partial charge is 0.481 e. The van der Waals surface area contributed by atoms with Crippen molar-refractivity contribution in [3.8, 4) is 0 Å². The van der Waals surface area contributed by atoms with Crippen LogP contribution in [0.2, 0.25) is 0 Å². The molecule has 1 fully saturated rings. The Morgan fingerprint density at radius 3 is 2.50 bits per heavy atom. The molecule has 1 atom stereocenters. The van der Waals surface area contributed by atoms with E-state index in [9.17, 15) is 9.59 Å². The zero-order valence-corrected chi connectivity index (χ0v) is 11.8. The van der Waals surface area contributed by atoms with Crippen molar-refractivity contribution >= 4 is 23.8 Å². The molecule has 1 saturated carbocycles. The molecule has 0 aromatic heterocycles. The fraction of sp³-hybridized carbons (Fsp3) is 0.833. The molecule has 0 aromatic carbocycles. The van der Waals surface area contributed by atoms with E-state index in [1.807, 2.05) is 11.8 Å². The number of hydrogen-bond donors (Lipinski definition) is 3. The molecule has 1 rings (SSSR count). The molecule has 1 unspecified atom stereocenters. The van der Waals surface area contributed by atoms with E-state index in [2.05, 4.69) is 16.9 Å². The van der Waals surface area contributed by atoms with Crippen LogP contribution in [0.3, 0.4) is 0 Å². The number of amides is 2. The van der Waals surface area contributed by atoms with Crippen LogP contribution in [0.25, 0.3) is 0 Å². The topological polar surface area (TPSA) is 78.4 Å². The maximum Gasteiger partial charge on any atom is 0.315 e. The van der Waals surface area contributed by atoms with Gasteiger partial charge in [0.1, 0.15) is 0 Å².